The van der Waals surface area contributed by atoms with Crippen LogP contribution in [0.1, 0.15) is 45.2 Å². The lowest BCUT2D eigenvalue weighted by molar-refractivity contribution is 0.0506. The SMILES string of the molecule is CCOc1ccc(CCN2CC[C@H](NC(=O)OC(C)(C)C)C2)cc1C#N. The summed E-state index contributed by atoms with van der Waals surface area (Å²) in [4.78, 5) is 14.2. The Morgan fingerprint density at radius 1 is 1.42 bits per heavy atom. The first-order valence-corrected chi connectivity index (χ1v) is 9.18. The summed E-state index contributed by atoms with van der Waals surface area (Å²) in [5.41, 5.74) is 1.22. The van der Waals surface area contributed by atoms with Crippen LogP contribution in [0.5, 0.6) is 5.75 Å². The van der Waals surface area contributed by atoms with Crippen molar-refractivity contribution >= 4 is 6.09 Å². The highest BCUT2D eigenvalue weighted by Gasteiger charge is 2.25. The number of rotatable bonds is 6. The van der Waals surface area contributed by atoms with Gasteiger partial charge in [-0.15, -0.1) is 0 Å². The lowest BCUT2D eigenvalue weighted by Gasteiger charge is -2.22. The second kappa shape index (κ2) is 8.91. The third kappa shape index (κ3) is 6.23. The zero-order chi connectivity index (χ0) is 19.2. The van der Waals surface area contributed by atoms with Gasteiger partial charge >= 0.3 is 6.09 Å². The molecule has 0 radical (unpaired) electrons. The predicted molar refractivity (Wildman–Crippen MR) is 100 cm³/mol. The number of benzene rings is 1. The zero-order valence-electron chi connectivity index (χ0n) is 16.2. The van der Waals surface area contributed by atoms with Crippen LogP contribution in [0.15, 0.2) is 18.2 Å². The fraction of sp³-hybridized carbons (Fsp3) is 0.600. The van der Waals surface area contributed by atoms with Crippen molar-refractivity contribution < 1.29 is 14.3 Å². The van der Waals surface area contributed by atoms with Crippen LogP contribution in [0.2, 0.25) is 0 Å². The number of carbonyl (C=O) groups is 1. The van der Waals surface area contributed by atoms with Gasteiger partial charge in [0.1, 0.15) is 17.4 Å². The molecule has 1 aromatic carbocycles. The third-order valence-corrected chi connectivity index (χ3v) is 4.17. The van der Waals surface area contributed by atoms with E-state index in [1.807, 2.05) is 45.9 Å². The summed E-state index contributed by atoms with van der Waals surface area (Å²) in [6.07, 6.45) is 1.43. The van der Waals surface area contributed by atoms with Gasteiger partial charge in [0.05, 0.1) is 12.2 Å². The fourth-order valence-electron chi connectivity index (χ4n) is 3.02. The molecule has 0 saturated carbocycles. The molecule has 6 nitrogen and oxygen atoms in total. The third-order valence-electron chi connectivity index (χ3n) is 4.17. The second-order valence-electron chi connectivity index (χ2n) is 7.56. The van der Waals surface area contributed by atoms with Crippen LogP contribution in [-0.4, -0.2) is 48.9 Å². The van der Waals surface area contributed by atoms with Crippen LogP contribution in [-0.2, 0) is 11.2 Å². The normalized spacial score (nSPS) is 17.6. The van der Waals surface area contributed by atoms with Crippen molar-refractivity contribution in [3.63, 3.8) is 0 Å². The molecule has 0 aromatic heterocycles. The number of amides is 1. The van der Waals surface area contributed by atoms with E-state index in [4.69, 9.17) is 9.47 Å². The molecule has 1 N–H and O–H groups in total. The van der Waals surface area contributed by atoms with Crippen LogP contribution in [0.4, 0.5) is 4.79 Å². The van der Waals surface area contributed by atoms with E-state index in [1.165, 1.54) is 0 Å². The molecule has 1 atom stereocenters. The van der Waals surface area contributed by atoms with E-state index in [9.17, 15) is 10.1 Å². The van der Waals surface area contributed by atoms with Crippen molar-refractivity contribution in [1.82, 2.24) is 10.2 Å². The number of likely N-dealkylation sites (tertiary alicyclic amines) is 1. The van der Waals surface area contributed by atoms with Gasteiger partial charge in [-0.2, -0.15) is 5.26 Å². The van der Waals surface area contributed by atoms with Crippen molar-refractivity contribution in [2.45, 2.75) is 52.2 Å². The van der Waals surface area contributed by atoms with Crippen molar-refractivity contribution in [3.8, 4) is 11.8 Å². The van der Waals surface area contributed by atoms with Gasteiger partial charge in [-0.1, -0.05) is 6.07 Å². The molecule has 1 amide bonds. The molecule has 26 heavy (non-hydrogen) atoms. The number of alkyl carbamates (subject to hydrolysis) is 1. The molecule has 0 bridgehead atoms. The number of nitrogens with one attached hydrogen (secondary N) is 1. The number of hydrogen-bond donors (Lipinski definition) is 1. The van der Waals surface area contributed by atoms with E-state index < -0.39 is 5.60 Å². The van der Waals surface area contributed by atoms with E-state index in [2.05, 4.69) is 16.3 Å². The van der Waals surface area contributed by atoms with Gasteiger partial charge < -0.3 is 19.7 Å². The van der Waals surface area contributed by atoms with Crippen molar-refractivity contribution in [2.75, 3.05) is 26.2 Å². The summed E-state index contributed by atoms with van der Waals surface area (Å²) in [7, 11) is 0. The standard InChI is InChI=1S/C20H29N3O3/c1-5-25-18-7-6-15(12-16(18)13-21)8-10-23-11-9-17(14-23)22-19(24)26-20(2,3)4/h6-7,12,17H,5,8-11,14H2,1-4H3,(H,22,24)/t17-/m0/s1. The molecule has 1 aromatic rings. The number of hydrogen-bond acceptors (Lipinski definition) is 5. The Hall–Kier alpha value is -2.26. The quantitative estimate of drug-likeness (QED) is 0.845. The molecule has 142 valence electrons. The predicted octanol–water partition coefficient (Wildman–Crippen LogP) is 3.10. The Morgan fingerprint density at radius 2 is 2.19 bits per heavy atom. The van der Waals surface area contributed by atoms with Gasteiger partial charge in [0.2, 0.25) is 0 Å². The van der Waals surface area contributed by atoms with Gasteiger partial charge in [0, 0.05) is 25.7 Å². The van der Waals surface area contributed by atoms with E-state index in [-0.39, 0.29) is 12.1 Å². The summed E-state index contributed by atoms with van der Waals surface area (Å²) >= 11 is 0. The summed E-state index contributed by atoms with van der Waals surface area (Å²) in [5.74, 6) is 0.640. The van der Waals surface area contributed by atoms with Gasteiger partial charge in [0.15, 0.2) is 0 Å². The number of carbonyl (C=O) groups excluding carboxylic acids is 1. The molecule has 2 rings (SSSR count). The van der Waals surface area contributed by atoms with Gasteiger partial charge in [0.25, 0.3) is 0 Å². The maximum Gasteiger partial charge on any atom is 0.407 e. The molecular formula is C20H29N3O3. The molecular weight excluding hydrogens is 330 g/mol. The molecule has 0 unspecified atom stereocenters. The lowest BCUT2D eigenvalue weighted by atomic mass is 10.1. The van der Waals surface area contributed by atoms with Gasteiger partial charge in [-0.3, -0.25) is 0 Å². The zero-order valence-corrected chi connectivity index (χ0v) is 16.2. The monoisotopic (exact) mass is 359 g/mol. The molecule has 6 heteroatoms. The minimum absolute atomic E-state index is 0.125. The summed E-state index contributed by atoms with van der Waals surface area (Å²) in [6.45, 7) is 10.7. The molecule has 1 aliphatic heterocycles. The molecule has 0 spiro atoms. The van der Waals surface area contributed by atoms with Gasteiger partial charge in [-0.25, -0.2) is 4.79 Å². The van der Waals surface area contributed by atoms with E-state index >= 15 is 0 Å². The average molecular weight is 359 g/mol. The molecule has 1 aliphatic rings. The topological polar surface area (TPSA) is 74.6 Å². The van der Waals surface area contributed by atoms with Crippen LogP contribution >= 0.6 is 0 Å². The minimum Gasteiger partial charge on any atom is -0.492 e. The first-order valence-electron chi connectivity index (χ1n) is 9.18. The molecule has 1 heterocycles. The minimum atomic E-state index is -0.478. The smallest absolute Gasteiger partial charge is 0.407 e. The number of ether oxygens (including phenoxy) is 2. The Labute approximate surface area is 156 Å². The van der Waals surface area contributed by atoms with E-state index in [1.54, 1.807) is 0 Å². The van der Waals surface area contributed by atoms with Crippen molar-refractivity contribution in [1.29, 1.82) is 5.26 Å². The highest BCUT2D eigenvalue weighted by Crippen LogP contribution is 2.20. The van der Waals surface area contributed by atoms with Crippen LogP contribution < -0.4 is 10.1 Å². The average Bonchev–Trinajstić information content (AvgIpc) is 2.99. The Bertz CT molecular complexity index is 661. The van der Waals surface area contributed by atoms with Crippen LogP contribution in [0.25, 0.3) is 0 Å². The Balaban J connectivity index is 1.81. The number of nitriles is 1. The summed E-state index contributed by atoms with van der Waals surface area (Å²) in [6, 6.07) is 8.10. The maximum atomic E-state index is 11.9. The molecule has 1 fully saturated rings. The highest BCUT2D eigenvalue weighted by molar-refractivity contribution is 5.68. The first-order chi connectivity index (χ1) is 12.3. The fourth-order valence-corrected chi connectivity index (χ4v) is 3.02. The van der Waals surface area contributed by atoms with Gasteiger partial charge in [-0.05, 0) is 58.2 Å². The Morgan fingerprint density at radius 3 is 2.85 bits per heavy atom. The second-order valence-corrected chi connectivity index (χ2v) is 7.56. The first kappa shape index (κ1) is 20.1. The molecule has 1 saturated heterocycles. The van der Waals surface area contributed by atoms with E-state index in [0.717, 1.165) is 38.0 Å². The highest BCUT2D eigenvalue weighted by atomic mass is 16.6. The lowest BCUT2D eigenvalue weighted by Crippen LogP contribution is -2.40. The Kier molecular flexibility index (Phi) is 6.87. The number of nitrogens with zero attached hydrogens (tertiary/aromatic N) is 2. The maximum absolute atomic E-state index is 11.9. The molecule has 0 aliphatic carbocycles. The summed E-state index contributed by atoms with van der Waals surface area (Å²) in [5, 5.41) is 12.2. The van der Waals surface area contributed by atoms with Crippen molar-refractivity contribution in [2.24, 2.45) is 0 Å². The largest absolute Gasteiger partial charge is 0.492 e. The van der Waals surface area contributed by atoms with Crippen LogP contribution in [0.3, 0.4) is 0 Å². The van der Waals surface area contributed by atoms with Crippen molar-refractivity contribution in [3.05, 3.63) is 29.3 Å². The van der Waals surface area contributed by atoms with E-state index in [0.29, 0.717) is 17.9 Å². The van der Waals surface area contributed by atoms with Crippen LogP contribution in [0, 0.1) is 11.3 Å². The summed E-state index contributed by atoms with van der Waals surface area (Å²) < 4.78 is 10.8.